The average molecular weight is 869 g/mol. The van der Waals surface area contributed by atoms with Crippen LogP contribution >= 0.6 is 0 Å². The van der Waals surface area contributed by atoms with Crippen molar-refractivity contribution in [3.63, 3.8) is 0 Å². The maximum absolute atomic E-state index is 5.13. The number of benzene rings is 9. The van der Waals surface area contributed by atoms with Crippen LogP contribution in [-0.2, 0) is 0 Å². The van der Waals surface area contributed by atoms with Crippen LogP contribution in [0.15, 0.2) is 237 Å². The number of rotatable bonds is 8. The van der Waals surface area contributed by atoms with Gasteiger partial charge in [-0.25, -0.2) is 9.97 Å². The Hall–Kier alpha value is -8.86. The number of para-hydroxylation sites is 1. The van der Waals surface area contributed by atoms with Crippen molar-refractivity contribution < 1.29 is 0 Å². The summed E-state index contributed by atoms with van der Waals surface area (Å²) in [6, 6.07) is 84.8. The van der Waals surface area contributed by atoms with Crippen LogP contribution in [0.25, 0.3) is 112 Å². The first kappa shape index (κ1) is 39.5. The lowest BCUT2D eigenvalue weighted by Gasteiger charge is -2.15. The van der Waals surface area contributed by atoms with Gasteiger partial charge in [-0.1, -0.05) is 182 Å². The summed E-state index contributed by atoms with van der Waals surface area (Å²) >= 11 is 0. The zero-order chi connectivity index (χ0) is 45.0. The zero-order valence-electron chi connectivity index (χ0n) is 37.2. The molecule has 0 bridgehead atoms. The molecule has 68 heavy (non-hydrogen) atoms. The SMILES string of the molecule is C1=c2c(n(-c3ccccc3)c3ccc(-c4ccccc4)cc23)=CCC1c1ccc2c(c1)c1cc(-c3ccccc3)ccc1n2-c1ccc(-c2cc(-c3ccccc3)nc(-c3ccccc3)n2)cc1. The predicted molar refractivity (Wildman–Crippen MR) is 282 cm³/mol. The largest absolute Gasteiger partial charge is 0.310 e. The lowest BCUT2D eigenvalue weighted by atomic mass is 9.90. The molecule has 1 aliphatic rings. The van der Waals surface area contributed by atoms with E-state index in [-0.39, 0.29) is 5.92 Å². The Morgan fingerprint density at radius 1 is 0.353 bits per heavy atom. The summed E-state index contributed by atoms with van der Waals surface area (Å²) in [5.74, 6) is 0.910. The summed E-state index contributed by atoms with van der Waals surface area (Å²) in [5, 5.41) is 6.30. The summed E-state index contributed by atoms with van der Waals surface area (Å²) in [5.41, 5.74) is 16.9. The third-order valence-electron chi connectivity index (χ3n) is 13.7. The highest BCUT2D eigenvalue weighted by Gasteiger charge is 2.21. The highest BCUT2D eigenvalue weighted by molar-refractivity contribution is 6.11. The van der Waals surface area contributed by atoms with Crippen LogP contribution in [0.4, 0.5) is 0 Å². The first-order valence-corrected chi connectivity index (χ1v) is 23.4. The number of aromatic nitrogens is 4. The third-order valence-corrected chi connectivity index (χ3v) is 13.7. The molecule has 0 spiro atoms. The van der Waals surface area contributed by atoms with Crippen LogP contribution in [0.3, 0.4) is 0 Å². The molecule has 3 heterocycles. The van der Waals surface area contributed by atoms with Crippen LogP contribution in [0.5, 0.6) is 0 Å². The van der Waals surface area contributed by atoms with Gasteiger partial charge in [0.05, 0.1) is 27.9 Å². The Bertz CT molecular complexity index is 3890. The van der Waals surface area contributed by atoms with Gasteiger partial charge in [-0.15, -0.1) is 0 Å². The van der Waals surface area contributed by atoms with Gasteiger partial charge in [-0.2, -0.15) is 0 Å². The maximum atomic E-state index is 5.13. The van der Waals surface area contributed by atoms with Crippen molar-refractivity contribution in [2.45, 2.75) is 12.3 Å². The van der Waals surface area contributed by atoms with Crippen LogP contribution < -0.4 is 10.6 Å². The van der Waals surface area contributed by atoms with E-state index >= 15 is 0 Å². The van der Waals surface area contributed by atoms with Gasteiger partial charge in [-0.3, -0.25) is 0 Å². The van der Waals surface area contributed by atoms with E-state index in [1.54, 1.807) is 0 Å². The van der Waals surface area contributed by atoms with Crippen molar-refractivity contribution in [1.82, 2.24) is 19.1 Å². The lowest BCUT2D eigenvalue weighted by Crippen LogP contribution is -2.31. The molecule has 1 unspecified atom stereocenters. The molecule has 13 rings (SSSR count). The van der Waals surface area contributed by atoms with Gasteiger partial charge >= 0.3 is 0 Å². The molecule has 4 nitrogen and oxygen atoms in total. The Kier molecular flexibility index (Phi) is 9.61. The molecule has 4 heteroatoms. The van der Waals surface area contributed by atoms with E-state index in [1.165, 1.54) is 76.8 Å². The van der Waals surface area contributed by atoms with Crippen molar-refractivity contribution >= 4 is 44.9 Å². The summed E-state index contributed by atoms with van der Waals surface area (Å²) in [6.07, 6.45) is 5.89. The molecule has 0 saturated carbocycles. The topological polar surface area (TPSA) is 35.6 Å². The zero-order valence-corrected chi connectivity index (χ0v) is 37.2. The summed E-state index contributed by atoms with van der Waals surface area (Å²) in [4.78, 5) is 10.2. The normalized spacial score (nSPS) is 13.3. The molecule has 1 atom stereocenters. The van der Waals surface area contributed by atoms with Crippen LogP contribution in [0.1, 0.15) is 17.9 Å². The van der Waals surface area contributed by atoms with Gasteiger partial charge in [0.15, 0.2) is 5.82 Å². The molecule has 9 aromatic carbocycles. The minimum Gasteiger partial charge on any atom is -0.310 e. The lowest BCUT2D eigenvalue weighted by molar-refractivity contribution is 0.909. The Morgan fingerprint density at radius 2 is 0.809 bits per heavy atom. The second kappa shape index (κ2) is 16.5. The quantitative estimate of drug-likeness (QED) is 0.153. The smallest absolute Gasteiger partial charge is 0.160 e. The van der Waals surface area contributed by atoms with Crippen LogP contribution in [0, 0.1) is 0 Å². The van der Waals surface area contributed by atoms with E-state index in [4.69, 9.17) is 9.97 Å². The van der Waals surface area contributed by atoms with Gasteiger partial charge in [0.1, 0.15) is 0 Å². The van der Waals surface area contributed by atoms with Crippen molar-refractivity contribution in [3.05, 3.63) is 253 Å². The van der Waals surface area contributed by atoms with Crippen LogP contribution in [0.2, 0.25) is 0 Å². The summed E-state index contributed by atoms with van der Waals surface area (Å²) in [6.45, 7) is 0. The molecule has 0 fully saturated rings. The molecular weight excluding hydrogens is 825 g/mol. The standard InChI is InChI=1S/C64H44N4/c1-6-16-43(17-7-1)48-28-34-60-54(38-48)56-40-50(30-36-61(56)67(60)52-24-14-5-15-25-52)51-31-37-63-57(41-51)55-39-49(44-18-8-2-9-19-44)29-35-62(55)68(63)53-32-26-46(27-33-53)59-42-58(45-20-10-3-11-21-45)65-64(66-59)47-22-12-4-13-23-47/h1-29,31-42,50H,30H2. The van der Waals surface area contributed by atoms with Crippen molar-refractivity contribution in [3.8, 4) is 67.5 Å². The Morgan fingerprint density at radius 3 is 1.41 bits per heavy atom. The first-order valence-electron chi connectivity index (χ1n) is 23.4. The van der Waals surface area contributed by atoms with Gasteiger partial charge in [-0.05, 0) is 101 Å². The van der Waals surface area contributed by atoms with E-state index in [9.17, 15) is 0 Å². The highest BCUT2D eigenvalue weighted by Crippen LogP contribution is 2.39. The first-order chi connectivity index (χ1) is 33.7. The van der Waals surface area contributed by atoms with Gasteiger partial charge in [0.2, 0.25) is 0 Å². The Balaban J connectivity index is 0.947. The van der Waals surface area contributed by atoms with E-state index in [0.717, 1.165) is 40.2 Å². The fraction of sp³-hybridized carbons (Fsp3) is 0.0312. The van der Waals surface area contributed by atoms with Gasteiger partial charge in [0.25, 0.3) is 0 Å². The van der Waals surface area contributed by atoms with E-state index in [2.05, 4.69) is 234 Å². The predicted octanol–water partition coefficient (Wildman–Crippen LogP) is 14.6. The second-order valence-corrected chi connectivity index (χ2v) is 17.7. The second-order valence-electron chi connectivity index (χ2n) is 17.7. The molecule has 0 amide bonds. The van der Waals surface area contributed by atoms with E-state index in [1.807, 2.05) is 24.3 Å². The number of fused-ring (bicyclic) bond motifs is 6. The summed E-state index contributed by atoms with van der Waals surface area (Å²) < 4.78 is 4.86. The highest BCUT2D eigenvalue weighted by atomic mass is 15.0. The molecule has 320 valence electrons. The molecule has 12 aromatic rings. The van der Waals surface area contributed by atoms with Crippen molar-refractivity contribution in [2.24, 2.45) is 0 Å². The minimum atomic E-state index is 0.200. The van der Waals surface area contributed by atoms with Crippen molar-refractivity contribution in [1.29, 1.82) is 0 Å². The van der Waals surface area contributed by atoms with Gasteiger partial charge in [0, 0.05) is 60.7 Å². The molecule has 0 aliphatic heterocycles. The van der Waals surface area contributed by atoms with E-state index in [0.29, 0.717) is 5.82 Å². The third kappa shape index (κ3) is 6.94. The molecule has 1 aliphatic carbocycles. The maximum Gasteiger partial charge on any atom is 0.160 e. The van der Waals surface area contributed by atoms with Gasteiger partial charge < -0.3 is 9.13 Å². The van der Waals surface area contributed by atoms with E-state index < -0.39 is 0 Å². The fourth-order valence-corrected chi connectivity index (χ4v) is 10.3. The van der Waals surface area contributed by atoms with Crippen LogP contribution in [-0.4, -0.2) is 19.1 Å². The molecule has 3 aromatic heterocycles. The summed E-state index contributed by atoms with van der Waals surface area (Å²) in [7, 11) is 0. The fourth-order valence-electron chi connectivity index (χ4n) is 10.3. The monoisotopic (exact) mass is 868 g/mol. The number of nitrogens with zero attached hydrogens (tertiary/aromatic N) is 4. The number of hydrogen-bond acceptors (Lipinski definition) is 2. The van der Waals surface area contributed by atoms with Crippen molar-refractivity contribution in [2.75, 3.05) is 0 Å². The molecule has 0 saturated heterocycles. The molecular formula is C64H44N4. The minimum absolute atomic E-state index is 0.200. The molecule has 0 N–H and O–H groups in total. The average Bonchev–Trinajstić information content (AvgIpc) is 3.93. The Labute approximate surface area is 394 Å². The molecule has 0 radical (unpaired) electrons. The number of hydrogen-bond donors (Lipinski definition) is 0.